The van der Waals surface area contributed by atoms with Crippen LogP contribution in [0.4, 0.5) is 9.05 Å². The van der Waals surface area contributed by atoms with Crippen molar-refractivity contribution in [2.45, 2.75) is 0 Å². The average Bonchev–Trinajstić information content (AvgIpc) is 1.68. The predicted molar refractivity (Wildman–Crippen MR) is 24.2 cm³/mol. The van der Waals surface area contributed by atoms with Gasteiger partial charge in [0.05, 0.1) is 0 Å². The van der Waals surface area contributed by atoms with Gasteiger partial charge in [-0.3, -0.25) is 4.89 Å². The molecule has 0 aromatic carbocycles. The lowest BCUT2D eigenvalue weighted by atomic mass is 15.5. The van der Waals surface area contributed by atoms with Crippen molar-refractivity contribution >= 4 is 25.2 Å². The minimum atomic E-state index is -4.99. The molecule has 0 aliphatic rings. The molecule has 0 radical (unpaired) electrons. The van der Waals surface area contributed by atoms with Crippen molar-refractivity contribution in [1.82, 2.24) is 0 Å². The van der Waals surface area contributed by atoms with E-state index in [0.29, 0.717) is 0 Å². The molecule has 0 aromatic heterocycles. The summed E-state index contributed by atoms with van der Waals surface area (Å²) in [4.78, 5) is 7.49. The lowest BCUT2D eigenvalue weighted by Gasteiger charge is -1.91. The van der Waals surface area contributed by atoms with Crippen LogP contribution in [0.3, 0.4) is 0 Å². The third kappa shape index (κ3) is 4.66. The molecular weight excluding hydrogens is 160 g/mol. The van der Waals surface area contributed by atoms with E-state index in [1.54, 1.807) is 0 Å². The fraction of sp³-hybridized carbons (Fsp3) is 0. The highest BCUT2D eigenvalue weighted by Gasteiger charge is 2.22. The molecule has 0 aliphatic carbocycles. The SMILES string of the molecule is O=P(O)(OF)OF.[AlH3]. The molecule has 0 amide bonds. The maximum atomic E-state index is 10.4. The molecule has 50 valence electrons. The Morgan fingerprint density at radius 3 is 1.62 bits per heavy atom. The van der Waals surface area contributed by atoms with Gasteiger partial charge in [0.15, 0.2) is 17.4 Å². The van der Waals surface area contributed by atoms with E-state index >= 15 is 0 Å². The maximum Gasteiger partial charge on any atom is 0.534 e. The van der Waals surface area contributed by atoms with Gasteiger partial charge in [0.25, 0.3) is 0 Å². The Hall–Kier alpha value is 0.502. The highest BCUT2D eigenvalue weighted by atomic mass is 31.2. The standard InChI is InChI=1S/Al.F2HO4P.3H/c;1-5-7(3,4)6-2;;;/h;(H,3,4);;;. The molecular formula is H4AlF2O4P. The molecule has 8 heteroatoms. The van der Waals surface area contributed by atoms with Gasteiger partial charge in [-0.25, -0.2) is 4.57 Å². The van der Waals surface area contributed by atoms with Crippen molar-refractivity contribution in [3.8, 4) is 0 Å². The van der Waals surface area contributed by atoms with Crippen molar-refractivity contribution in [3.63, 3.8) is 0 Å². The molecule has 0 saturated heterocycles. The van der Waals surface area contributed by atoms with Gasteiger partial charge in [0.2, 0.25) is 0 Å². The Kier molecular flexibility index (Phi) is 6.21. The van der Waals surface area contributed by atoms with Gasteiger partial charge in [-0.05, 0) is 9.05 Å². The largest absolute Gasteiger partial charge is 0.534 e. The van der Waals surface area contributed by atoms with E-state index in [1.165, 1.54) is 0 Å². The molecule has 8 heavy (non-hydrogen) atoms. The second-order valence-electron chi connectivity index (χ2n) is 0.607. The van der Waals surface area contributed by atoms with Crippen LogP contribution in [0.5, 0.6) is 0 Å². The number of hydrogen-bond acceptors (Lipinski definition) is 3. The van der Waals surface area contributed by atoms with Gasteiger partial charge in [-0.15, -0.1) is 0 Å². The van der Waals surface area contributed by atoms with Gasteiger partial charge in [-0.1, -0.05) is 9.46 Å². The normalized spacial score (nSPS) is 10.4. The highest BCUT2D eigenvalue weighted by Crippen LogP contribution is 2.43. The lowest BCUT2D eigenvalue weighted by Crippen LogP contribution is -1.75. The molecule has 0 bridgehead atoms. The minimum absolute atomic E-state index is 0. The Morgan fingerprint density at radius 1 is 1.38 bits per heavy atom. The third-order valence-corrected chi connectivity index (χ3v) is 0.523. The minimum Gasteiger partial charge on any atom is -0.299 e. The van der Waals surface area contributed by atoms with Crippen LogP contribution >= 0.6 is 7.82 Å². The molecule has 0 rings (SSSR count). The van der Waals surface area contributed by atoms with E-state index in [4.69, 9.17) is 4.89 Å². The van der Waals surface area contributed by atoms with E-state index in [1.807, 2.05) is 0 Å². The van der Waals surface area contributed by atoms with Crippen molar-refractivity contribution < 1.29 is 28.0 Å². The van der Waals surface area contributed by atoms with Gasteiger partial charge >= 0.3 is 7.82 Å². The number of hydrogen-bond donors (Lipinski definition) is 1. The van der Waals surface area contributed by atoms with Crippen LogP contribution in [0, 0.1) is 0 Å². The Morgan fingerprint density at radius 2 is 1.62 bits per heavy atom. The summed E-state index contributed by atoms with van der Waals surface area (Å²) in [6.07, 6.45) is 0. The van der Waals surface area contributed by atoms with E-state index in [-0.39, 0.29) is 17.4 Å². The average molecular weight is 164 g/mol. The summed E-state index contributed by atoms with van der Waals surface area (Å²) in [7, 11) is -4.99. The van der Waals surface area contributed by atoms with Crippen LogP contribution in [0.2, 0.25) is 0 Å². The van der Waals surface area contributed by atoms with Gasteiger partial charge in [-0.2, -0.15) is 0 Å². The maximum absolute atomic E-state index is 10.4. The summed E-state index contributed by atoms with van der Waals surface area (Å²) < 4.78 is 34.3. The molecule has 0 heterocycles. The van der Waals surface area contributed by atoms with Gasteiger partial charge < -0.3 is 0 Å². The molecule has 0 aromatic rings. The highest BCUT2D eigenvalue weighted by molar-refractivity contribution is 7.47. The fourth-order valence-corrected chi connectivity index (χ4v) is 0.0319. The van der Waals surface area contributed by atoms with Crippen molar-refractivity contribution in [2.24, 2.45) is 0 Å². The van der Waals surface area contributed by atoms with Crippen molar-refractivity contribution in [2.75, 3.05) is 0 Å². The molecule has 0 saturated carbocycles. The van der Waals surface area contributed by atoms with E-state index in [2.05, 4.69) is 9.46 Å². The van der Waals surface area contributed by atoms with E-state index < -0.39 is 7.82 Å². The van der Waals surface area contributed by atoms with Crippen LogP contribution in [0.15, 0.2) is 0 Å². The second kappa shape index (κ2) is 4.39. The summed E-state index contributed by atoms with van der Waals surface area (Å²) in [5.41, 5.74) is 0. The Balaban J connectivity index is 0. The van der Waals surface area contributed by atoms with Gasteiger partial charge in [0.1, 0.15) is 0 Å². The van der Waals surface area contributed by atoms with Crippen molar-refractivity contribution in [1.29, 1.82) is 0 Å². The summed E-state index contributed by atoms with van der Waals surface area (Å²) in [6.45, 7) is 0. The first kappa shape index (κ1) is 11.3. The summed E-state index contributed by atoms with van der Waals surface area (Å²) in [5, 5.41) is 0. The molecule has 4 nitrogen and oxygen atoms in total. The summed E-state index contributed by atoms with van der Waals surface area (Å²) in [5.74, 6) is 0. The zero-order valence-electron chi connectivity index (χ0n) is 2.88. The number of rotatable bonds is 2. The Bertz CT molecular complexity index is 86.0. The van der Waals surface area contributed by atoms with Crippen LogP contribution in [0.1, 0.15) is 0 Å². The quantitative estimate of drug-likeness (QED) is 0.449. The molecule has 0 atom stereocenters. The molecule has 1 N–H and O–H groups in total. The summed E-state index contributed by atoms with van der Waals surface area (Å²) in [6, 6.07) is 0. The molecule has 0 unspecified atom stereocenters. The lowest BCUT2D eigenvalue weighted by molar-refractivity contribution is -0.110. The number of halogens is 2. The Labute approximate surface area is 54.0 Å². The van der Waals surface area contributed by atoms with E-state index in [0.717, 1.165) is 0 Å². The van der Waals surface area contributed by atoms with Crippen LogP contribution in [-0.4, -0.2) is 22.3 Å². The van der Waals surface area contributed by atoms with E-state index in [9.17, 15) is 13.6 Å². The second-order valence-corrected chi connectivity index (χ2v) is 1.82. The zero-order chi connectivity index (χ0) is 5.91. The van der Waals surface area contributed by atoms with Crippen LogP contribution < -0.4 is 0 Å². The fourth-order valence-electron chi connectivity index (χ4n) is 0.0106. The van der Waals surface area contributed by atoms with Gasteiger partial charge in [0, 0.05) is 0 Å². The topological polar surface area (TPSA) is 55.8 Å². The first-order valence-corrected chi connectivity index (χ1v) is 2.55. The molecule has 0 aliphatic heterocycles. The molecule has 0 spiro atoms. The number of phosphoric acid groups is 1. The smallest absolute Gasteiger partial charge is 0.299 e. The zero-order valence-corrected chi connectivity index (χ0v) is 3.77. The van der Waals surface area contributed by atoms with Crippen molar-refractivity contribution in [3.05, 3.63) is 0 Å². The van der Waals surface area contributed by atoms with Crippen LogP contribution in [0.25, 0.3) is 0 Å². The van der Waals surface area contributed by atoms with Crippen LogP contribution in [-0.2, 0) is 14.0 Å². The first-order chi connectivity index (χ1) is 3.12. The third-order valence-electron chi connectivity index (χ3n) is 0.174. The first-order valence-electron chi connectivity index (χ1n) is 1.06. The summed E-state index contributed by atoms with van der Waals surface area (Å²) >= 11 is 0. The monoisotopic (exact) mass is 164 g/mol. The molecule has 0 fully saturated rings. The predicted octanol–water partition coefficient (Wildman–Crippen LogP) is -0.295.